The van der Waals surface area contributed by atoms with Crippen molar-refractivity contribution in [2.24, 2.45) is 5.92 Å². The number of hydrogen-bond donors (Lipinski definition) is 1. The van der Waals surface area contributed by atoms with Crippen molar-refractivity contribution in [3.8, 4) is 0 Å². The molecule has 0 saturated carbocycles. The molecular formula is C18H21BrN4O3. The summed E-state index contributed by atoms with van der Waals surface area (Å²) in [5.74, 6) is 0.753. The maximum atomic E-state index is 12.4. The highest BCUT2D eigenvalue weighted by Gasteiger charge is 2.35. The van der Waals surface area contributed by atoms with Crippen LogP contribution in [0.5, 0.6) is 0 Å². The molecule has 26 heavy (non-hydrogen) atoms. The van der Waals surface area contributed by atoms with E-state index in [2.05, 4.69) is 31.4 Å². The van der Waals surface area contributed by atoms with Gasteiger partial charge in [-0.25, -0.2) is 0 Å². The van der Waals surface area contributed by atoms with Gasteiger partial charge in [0, 0.05) is 36.1 Å². The van der Waals surface area contributed by atoms with Crippen LogP contribution >= 0.6 is 15.9 Å². The SMILES string of the molecule is Cc1noc(CCCNC(=O)C2CC(=O)N(c3ccc(Br)c(C)c3)C2)n1. The van der Waals surface area contributed by atoms with E-state index < -0.39 is 0 Å². The Hall–Kier alpha value is -2.22. The summed E-state index contributed by atoms with van der Waals surface area (Å²) in [5.41, 5.74) is 1.89. The van der Waals surface area contributed by atoms with Crippen molar-refractivity contribution in [3.63, 3.8) is 0 Å². The van der Waals surface area contributed by atoms with Gasteiger partial charge in [-0.15, -0.1) is 0 Å². The summed E-state index contributed by atoms with van der Waals surface area (Å²) < 4.78 is 6.04. The largest absolute Gasteiger partial charge is 0.356 e. The summed E-state index contributed by atoms with van der Waals surface area (Å²) >= 11 is 3.46. The normalized spacial score (nSPS) is 17.0. The Bertz CT molecular complexity index is 821. The molecule has 1 fully saturated rings. The maximum absolute atomic E-state index is 12.4. The first-order chi connectivity index (χ1) is 12.4. The first-order valence-corrected chi connectivity index (χ1v) is 9.37. The molecule has 8 heteroatoms. The fourth-order valence-corrected chi connectivity index (χ4v) is 3.21. The third-order valence-corrected chi connectivity index (χ3v) is 5.28. The van der Waals surface area contributed by atoms with Crippen molar-refractivity contribution in [2.75, 3.05) is 18.0 Å². The minimum atomic E-state index is -0.322. The molecule has 2 amide bonds. The lowest BCUT2D eigenvalue weighted by Gasteiger charge is -2.17. The number of carbonyl (C=O) groups is 2. The third-order valence-electron chi connectivity index (χ3n) is 4.39. The minimum absolute atomic E-state index is 0.0202. The van der Waals surface area contributed by atoms with Gasteiger partial charge < -0.3 is 14.7 Å². The molecule has 7 nitrogen and oxygen atoms in total. The average molecular weight is 421 g/mol. The molecule has 1 unspecified atom stereocenters. The monoisotopic (exact) mass is 420 g/mol. The van der Waals surface area contributed by atoms with Crippen molar-refractivity contribution in [1.82, 2.24) is 15.5 Å². The van der Waals surface area contributed by atoms with E-state index in [9.17, 15) is 9.59 Å². The highest BCUT2D eigenvalue weighted by molar-refractivity contribution is 9.10. The second kappa shape index (κ2) is 7.99. The number of benzene rings is 1. The molecule has 2 aromatic rings. The standard InChI is InChI=1S/C18H21BrN4O3/c1-11-8-14(5-6-15(11)19)23-10-13(9-17(23)24)18(25)20-7-3-4-16-21-12(2)22-26-16/h5-6,8,13H,3-4,7,9-10H2,1-2H3,(H,20,25). The third kappa shape index (κ3) is 4.30. The lowest BCUT2D eigenvalue weighted by Crippen LogP contribution is -2.33. The molecule has 1 aromatic heterocycles. The molecule has 138 valence electrons. The summed E-state index contributed by atoms with van der Waals surface area (Å²) in [6.45, 7) is 4.67. The Morgan fingerprint density at radius 2 is 2.23 bits per heavy atom. The van der Waals surface area contributed by atoms with Crippen molar-refractivity contribution in [1.29, 1.82) is 0 Å². The molecule has 1 aliphatic rings. The van der Waals surface area contributed by atoms with Crippen molar-refractivity contribution in [2.45, 2.75) is 33.1 Å². The number of nitrogens with zero attached hydrogens (tertiary/aromatic N) is 3. The fourth-order valence-electron chi connectivity index (χ4n) is 2.97. The summed E-state index contributed by atoms with van der Waals surface area (Å²) in [6, 6.07) is 5.76. The lowest BCUT2D eigenvalue weighted by molar-refractivity contribution is -0.126. The van der Waals surface area contributed by atoms with E-state index in [1.54, 1.807) is 11.8 Å². The number of carbonyl (C=O) groups excluding carboxylic acids is 2. The van der Waals surface area contributed by atoms with Crippen LogP contribution in [0.1, 0.15) is 30.1 Å². The second-order valence-corrected chi connectivity index (χ2v) is 7.32. The predicted octanol–water partition coefficient (Wildman–Crippen LogP) is 2.55. The van der Waals surface area contributed by atoms with E-state index in [1.807, 2.05) is 25.1 Å². The fraction of sp³-hybridized carbons (Fsp3) is 0.444. The van der Waals surface area contributed by atoms with Crippen LogP contribution in [0.4, 0.5) is 5.69 Å². The summed E-state index contributed by atoms with van der Waals surface area (Å²) in [6.07, 6.45) is 1.57. The second-order valence-electron chi connectivity index (χ2n) is 6.47. The molecule has 1 aromatic carbocycles. The molecule has 1 N–H and O–H groups in total. The molecule has 1 aliphatic heterocycles. The van der Waals surface area contributed by atoms with Gasteiger partial charge in [0.15, 0.2) is 5.82 Å². The molecule has 1 saturated heterocycles. The zero-order valence-electron chi connectivity index (χ0n) is 14.8. The number of aryl methyl sites for hydroxylation is 3. The Kier molecular flexibility index (Phi) is 5.70. The molecule has 2 heterocycles. The van der Waals surface area contributed by atoms with Gasteiger partial charge >= 0.3 is 0 Å². The molecule has 0 bridgehead atoms. The van der Waals surface area contributed by atoms with Gasteiger partial charge in [0.2, 0.25) is 17.7 Å². The Morgan fingerprint density at radius 1 is 1.42 bits per heavy atom. The van der Waals surface area contributed by atoms with Gasteiger partial charge in [0.05, 0.1) is 5.92 Å². The number of rotatable bonds is 6. The average Bonchev–Trinajstić information content (AvgIpc) is 3.20. The number of hydrogen-bond acceptors (Lipinski definition) is 5. The molecule has 0 spiro atoms. The summed E-state index contributed by atoms with van der Waals surface area (Å²) in [4.78, 5) is 30.5. The van der Waals surface area contributed by atoms with Gasteiger partial charge in [0.1, 0.15) is 0 Å². The minimum Gasteiger partial charge on any atom is -0.356 e. The zero-order chi connectivity index (χ0) is 18.7. The van der Waals surface area contributed by atoms with Gasteiger partial charge in [-0.3, -0.25) is 9.59 Å². The Labute approximate surface area is 160 Å². The van der Waals surface area contributed by atoms with Crippen LogP contribution in [0.15, 0.2) is 27.2 Å². The van der Waals surface area contributed by atoms with Crippen LogP contribution in [0, 0.1) is 19.8 Å². The maximum Gasteiger partial charge on any atom is 0.227 e. The van der Waals surface area contributed by atoms with E-state index in [1.165, 1.54) is 0 Å². The van der Waals surface area contributed by atoms with Crippen LogP contribution < -0.4 is 10.2 Å². The number of nitrogens with one attached hydrogen (secondary N) is 1. The van der Waals surface area contributed by atoms with Crippen molar-refractivity contribution < 1.29 is 14.1 Å². The highest BCUT2D eigenvalue weighted by atomic mass is 79.9. The molecule has 1 atom stereocenters. The van der Waals surface area contributed by atoms with Crippen LogP contribution in [-0.4, -0.2) is 35.0 Å². The first-order valence-electron chi connectivity index (χ1n) is 8.57. The van der Waals surface area contributed by atoms with Crippen LogP contribution in [-0.2, 0) is 16.0 Å². The Balaban J connectivity index is 1.49. The van der Waals surface area contributed by atoms with Crippen molar-refractivity contribution in [3.05, 3.63) is 40.0 Å². The summed E-state index contributed by atoms with van der Waals surface area (Å²) in [7, 11) is 0. The van der Waals surface area contributed by atoms with Gasteiger partial charge in [-0.1, -0.05) is 21.1 Å². The van der Waals surface area contributed by atoms with Gasteiger partial charge in [0.25, 0.3) is 0 Å². The van der Waals surface area contributed by atoms with E-state index in [4.69, 9.17) is 4.52 Å². The predicted molar refractivity (Wildman–Crippen MR) is 99.7 cm³/mol. The number of aromatic nitrogens is 2. The molecule has 3 rings (SSSR count). The van der Waals surface area contributed by atoms with Crippen LogP contribution in [0.2, 0.25) is 0 Å². The smallest absolute Gasteiger partial charge is 0.227 e. The van der Waals surface area contributed by atoms with E-state index in [-0.39, 0.29) is 24.2 Å². The number of amides is 2. The number of anilines is 1. The van der Waals surface area contributed by atoms with E-state index in [0.29, 0.717) is 37.6 Å². The number of halogens is 1. The zero-order valence-corrected chi connectivity index (χ0v) is 16.4. The summed E-state index contributed by atoms with van der Waals surface area (Å²) in [5, 5.41) is 6.63. The topological polar surface area (TPSA) is 88.3 Å². The van der Waals surface area contributed by atoms with Crippen molar-refractivity contribution >= 4 is 33.4 Å². The van der Waals surface area contributed by atoms with Gasteiger partial charge in [-0.05, 0) is 44.0 Å². The van der Waals surface area contributed by atoms with E-state index in [0.717, 1.165) is 15.7 Å². The van der Waals surface area contributed by atoms with Crippen LogP contribution in [0.3, 0.4) is 0 Å². The van der Waals surface area contributed by atoms with Gasteiger partial charge in [-0.2, -0.15) is 4.98 Å². The first kappa shape index (κ1) is 18.6. The van der Waals surface area contributed by atoms with E-state index >= 15 is 0 Å². The molecular weight excluding hydrogens is 400 g/mol. The molecule has 0 aliphatic carbocycles. The highest BCUT2D eigenvalue weighted by Crippen LogP contribution is 2.28. The van der Waals surface area contributed by atoms with Crippen LogP contribution in [0.25, 0.3) is 0 Å². The lowest BCUT2D eigenvalue weighted by atomic mass is 10.1. The quantitative estimate of drug-likeness (QED) is 0.725. The Morgan fingerprint density at radius 3 is 2.92 bits per heavy atom. The molecule has 0 radical (unpaired) electrons.